The van der Waals surface area contributed by atoms with Crippen LogP contribution >= 0.6 is 0 Å². The van der Waals surface area contributed by atoms with Crippen LogP contribution < -0.4 is 5.48 Å². The van der Waals surface area contributed by atoms with Crippen molar-refractivity contribution < 1.29 is 14.4 Å². The average molecular weight is 367 g/mol. The molecule has 4 rings (SSSR count). The molecule has 1 amide bonds. The van der Waals surface area contributed by atoms with Gasteiger partial charge in [0.05, 0.1) is 22.8 Å². The van der Waals surface area contributed by atoms with Gasteiger partial charge < -0.3 is 4.57 Å². The number of carbonyl (C=O) groups excluding carboxylic acids is 1. The van der Waals surface area contributed by atoms with Crippen molar-refractivity contribution in [2.75, 3.05) is 0 Å². The van der Waals surface area contributed by atoms with Crippen LogP contribution in [0.2, 0.25) is 0 Å². The van der Waals surface area contributed by atoms with Gasteiger partial charge in [-0.05, 0) is 67.0 Å². The minimum absolute atomic E-state index is 0.136. The van der Waals surface area contributed by atoms with E-state index in [1.54, 1.807) is 25.4 Å². The lowest BCUT2D eigenvalue weighted by atomic mass is 9.75. The second kappa shape index (κ2) is 6.46. The van der Waals surface area contributed by atoms with E-state index < -0.39 is 11.3 Å². The second-order valence-electron chi connectivity index (χ2n) is 7.48. The number of halogens is 1. The van der Waals surface area contributed by atoms with Gasteiger partial charge in [-0.3, -0.25) is 10.0 Å². The fraction of sp³-hybridized carbons (Fsp3) is 0.333. The number of fused-ring (bicyclic) bond motifs is 1. The predicted molar refractivity (Wildman–Crippen MR) is 100 cm³/mol. The summed E-state index contributed by atoms with van der Waals surface area (Å²) < 4.78 is 16.1. The first-order valence-corrected chi connectivity index (χ1v) is 9.07. The maximum atomic E-state index is 14.2. The molecule has 1 heterocycles. The van der Waals surface area contributed by atoms with Gasteiger partial charge in [-0.25, -0.2) is 14.9 Å². The summed E-state index contributed by atoms with van der Waals surface area (Å²) >= 11 is 0. The maximum absolute atomic E-state index is 14.2. The number of aromatic nitrogens is 2. The molecule has 27 heavy (non-hydrogen) atoms. The number of aryl methyl sites for hydroxylation is 1. The van der Waals surface area contributed by atoms with Crippen LogP contribution in [0.1, 0.15) is 41.9 Å². The first kappa shape index (κ1) is 17.7. The monoisotopic (exact) mass is 367 g/mol. The molecule has 0 saturated heterocycles. The van der Waals surface area contributed by atoms with Crippen molar-refractivity contribution in [3.63, 3.8) is 0 Å². The van der Waals surface area contributed by atoms with E-state index in [1.807, 2.05) is 23.2 Å². The normalized spacial score (nSPS) is 22.3. The Balaban J connectivity index is 1.75. The Kier molecular flexibility index (Phi) is 4.23. The van der Waals surface area contributed by atoms with E-state index in [0.717, 1.165) is 23.0 Å². The molecule has 3 aromatic rings. The first-order valence-electron chi connectivity index (χ1n) is 9.07. The molecule has 2 aromatic carbocycles. The topological polar surface area (TPSA) is 67.2 Å². The van der Waals surface area contributed by atoms with Crippen molar-refractivity contribution in [3.8, 4) is 0 Å². The number of rotatable bonds is 3. The fourth-order valence-corrected chi connectivity index (χ4v) is 4.54. The van der Waals surface area contributed by atoms with Crippen LogP contribution in [0.15, 0.2) is 42.7 Å². The summed E-state index contributed by atoms with van der Waals surface area (Å²) in [6.07, 6.45) is 3.63. The van der Waals surface area contributed by atoms with Crippen molar-refractivity contribution in [3.05, 3.63) is 65.2 Å². The molecule has 1 saturated carbocycles. The first-order chi connectivity index (χ1) is 13.0. The molecule has 6 heteroatoms. The van der Waals surface area contributed by atoms with E-state index in [4.69, 9.17) is 0 Å². The SMILES string of the molecule is Cc1c(F)cccc1C1(C(=O)NO)CCC(c2ccc3c(c2)ncn3C)C1. The average Bonchev–Trinajstić information content (AvgIpc) is 3.28. The van der Waals surface area contributed by atoms with Crippen molar-refractivity contribution in [2.45, 2.75) is 37.5 Å². The maximum Gasteiger partial charge on any atom is 0.254 e. The van der Waals surface area contributed by atoms with Crippen molar-refractivity contribution >= 4 is 16.9 Å². The molecule has 0 aliphatic heterocycles. The quantitative estimate of drug-likeness (QED) is 0.547. The minimum Gasteiger partial charge on any atom is -0.334 e. The molecule has 2 N–H and O–H groups in total. The number of hydrogen-bond acceptors (Lipinski definition) is 3. The highest BCUT2D eigenvalue weighted by molar-refractivity contribution is 5.88. The third-order valence-electron chi connectivity index (χ3n) is 6.05. The zero-order valence-electron chi connectivity index (χ0n) is 15.4. The lowest BCUT2D eigenvalue weighted by molar-refractivity contribution is -0.135. The molecule has 2 unspecified atom stereocenters. The summed E-state index contributed by atoms with van der Waals surface area (Å²) in [4.78, 5) is 17.1. The van der Waals surface area contributed by atoms with Crippen molar-refractivity contribution in [1.29, 1.82) is 0 Å². The van der Waals surface area contributed by atoms with Gasteiger partial charge in [0, 0.05) is 7.05 Å². The molecule has 0 radical (unpaired) electrons. The number of imidazole rings is 1. The van der Waals surface area contributed by atoms with Crippen LogP contribution in [-0.4, -0.2) is 20.7 Å². The van der Waals surface area contributed by atoms with Gasteiger partial charge in [0.2, 0.25) is 0 Å². The lowest BCUT2D eigenvalue weighted by Crippen LogP contribution is -2.42. The molecule has 1 fully saturated rings. The highest BCUT2D eigenvalue weighted by atomic mass is 19.1. The van der Waals surface area contributed by atoms with Gasteiger partial charge in [-0.1, -0.05) is 18.2 Å². The zero-order chi connectivity index (χ0) is 19.2. The standard InChI is InChI=1S/C21H22FN3O2/c1-13-16(4-3-5-17(13)22)21(20(26)24-27)9-8-15(11-21)14-6-7-19-18(10-14)23-12-25(19)2/h3-7,10,12,15,27H,8-9,11H2,1-2H3,(H,24,26). The van der Waals surface area contributed by atoms with Crippen molar-refractivity contribution in [2.24, 2.45) is 7.05 Å². The van der Waals surface area contributed by atoms with Gasteiger partial charge in [-0.15, -0.1) is 0 Å². The van der Waals surface area contributed by atoms with E-state index >= 15 is 0 Å². The number of carbonyl (C=O) groups is 1. The van der Waals surface area contributed by atoms with E-state index in [0.29, 0.717) is 24.0 Å². The van der Waals surface area contributed by atoms with Crippen LogP contribution in [0.3, 0.4) is 0 Å². The van der Waals surface area contributed by atoms with E-state index in [-0.39, 0.29) is 11.7 Å². The van der Waals surface area contributed by atoms with Crippen LogP contribution in [0.5, 0.6) is 0 Å². The van der Waals surface area contributed by atoms with Crippen LogP contribution in [0.25, 0.3) is 11.0 Å². The fourth-order valence-electron chi connectivity index (χ4n) is 4.54. The summed E-state index contributed by atoms with van der Waals surface area (Å²) in [6.45, 7) is 1.68. The van der Waals surface area contributed by atoms with Gasteiger partial charge in [0.15, 0.2) is 0 Å². The molecule has 1 aliphatic carbocycles. The summed E-state index contributed by atoms with van der Waals surface area (Å²) in [5, 5.41) is 9.38. The van der Waals surface area contributed by atoms with Crippen LogP contribution in [-0.2, 0) is 17.3 Å². The number of nitrogens with one attached hydrogen (secondary N) is 1. The molecule has 5 nitrogen and oxygen atoms in total. The molecule has 1 aromatic heterocycles. The molecule has 0 spiro atoms. The summed E-state index contributed by atoms with van der Waals surface area (Å²) in [6, 6.07) is 11.0. The number of amides is 1. The van der Waals surface area contributed by atoms with Gasteiger partial charge >= 0.3 is 0 Å². The zero-order valence-corrected chi connectivity index (χ0v) is 15.4. The Hall–Kier alpha value is -2.73. The number of hydroxylamine groups is 1. The van der Waals surface area contributed by atoms with E-state index in [2.05, 4.69) is 17.1 Å². The Morgan fingerprint density at radius 1 is 1.37 bits per heavy atom. The molecule has 140 valence electrons. The highest BCUT2D eigenvalue weighted by Gasteiger charge is 2.48. The Bertz CT molecular complexity index is 1030. The second-order valence-corrected chi connectivity index (χ2v) is 7.48. The van der Waals surface area contributed by atoms with E-state index in [9.17, 15) is 14.4 Å². The Labute approximate surface area is 156 Å². The molecule has 0 bridgehead atoms. The lowest BCUT2D eigenvalue weighted by Gasteiger charge is -2.29. The molecule has 2 atom stereocenters. The van der Waals surface area contributed by atoms with Crippen molar-refractivity contribution in [1.82, 2.24) is 15.0 Å². The Morgan fingerprint density at radius 2 is 2.19 bits per heavy atom. The van der Waals surface area contributed by atoms with Crippen LogP contribution in [0.4, 0.5) is 4.39 Å². The minimum atomic E-state index is -0.940. The van der Waals surface area contributed by atoms with E-state index in [1.165, 1.54) is 6.07 Å². The summed E-state index contributed by atoms with van der Waals surface area (Å²) in [7, 11) is 1.95. The molecule has 1 aliphatic rings. The Morgan fingerprint density at radius 3 is 2.96 bits per heavy atom. The highest BCUT2D eigenvalue weighted by Crippen LogP contribution is 2.49. The molecular weight excluding hydrogens is 345 g/mol. The van der Waals surface area contributed by atoms with Gasteiger partial charge in [0.25, 0.3) is 5.91 Å². The molecular formula is C21H22FN3O2. The predicted octanol–water partition coefficient (Wildman–Crippen LogP) is 3.73. The number of benzene rings is 2. The number of nitrogens with zero attached hydrogens (tertiary/aromatic N) is 2. The van der Waals surface area contributed by atoms with Crippen LogP contribution in [0, 0.1) is 12.7 Å². The third kappa shape index (κ3) is 2.72. The largest absolute Gasteiger partial charge is 0.334 e. The smallest absolute Gasteiger partial charge is 0.254 e. The third-order valence-corrected chi connectivity index (χ3v) is 6.05. The summed E-state index contributed by atoms with van der Waals surface area (Å²) in [5.41, 5.74) is 5.07. The number of hydrogen-bond donors (Lipinski definition) is 2. The van der Waals surface area contributed by atoms with Gasteiger partial charge in [0.1, 0.15) is 5.82 Å². The van der Waals surface area contributed by atoms with Gasteiger partial charge in [-0.2, -0.15) is 0 Å². The summed E-state index contributed by atoms with van der Waals surface area (Å²) in [5.74, 6) is -0.676.